The number of rotatable bonds is 3. The van der Waals surface area contributed by atoms with Gasteiger partial charge in [0.25, 0.3) is 0 Å². The zero-order valence-electron chi connectivity index (χ0n) is 24.1. The van der Waals surface area contributed by atoms with E-state index in [0.29, 0.717) is 0 Å². The van der Waals surface area contributed by atoms with Crippen molar-refractivity contribution in [2.24, 2.45) is 0 Å². The Morgan fingerprint density at radius 1 is 0.422 bits per heavy atom. The number of nitrogens with zero attached hydrogens (tertiary/aromatic N) is 4. The summed E-state index contributed by atoms with van der Waals surface area (Å²) in [7, 11) is 0. The van der Waals surface area contributed by atoms with Crippen molar-refractivity contribution >= 4 is 75.3 Å². The van der Waals surface area contributed by atoms with Gasteiger partial charge in [-0.2, -0.15) is 0 Å². The summed E-state index contributed by atoms with van der Waals surface area (Å²) in [6.45, 7) is 0. The van der Waals surface area contributed by atoms with Crippen LogP contribution in [0.25, 0.3) is 86.8 Å². The van der Waals surface area contributed by atoms with Gasteiger partial charge in [-0.1, -0.05) is 103 Å². The predicted octanol–water partition coefficient (Wildman–Crippen LogP) is 10.7. The van der Waals surface area contributed by atoms with Crippen LogP contribution in [0.3, 0.4) is 0 Å². The molecule has 210 valence electrons. The van der Waals surface area contributed by atoms with Crippen molar-refractivity contribution in [2.75, 3.05) is 0 Å². The van der Waals surface area contributed by atoms with Crippen LogP contribution in [0.2, 0.25) is 0 Å². The number of hydrogen-bond acceptors (Lipinski definition) is 3. The van der Waals surface area contributed by atoms with E-state index >= 15 is 0 Å². The summed E-state index contributed by atoms with van der Waals surface area (Å²) in [5.74, 6) is 1.64. The van der Waals surface area contributed by atoms with E-state index in [1.807, 2.05) is 18.2 Å². The van der Waals surface area contributed by atoms with Gasteiger partial charge < -0.3 is 4.57 Å². The van der Waals surface area contributed by atoms with Crippen LogP contribution >= 0.6 is 11.3 Å². The van der Waals surface area contributed by atoms with Crippen molar-refractivity contribution in [3.05, 3.63) is 146 Å². The molecule has 0 aliphatic carbocycles. The van der Waals surface area contributed by atoms with Crippen LogP contribution in [0.4, 0.5) is 0 Å². The fraction of sp³-hybridized carbons (Fsp3) is 0. The average Bonchev–Trinajstić information content (AvgIpc) is 3.76. The minimum Gasteiger partial charge on any atom is -0.309 e. The number of aromatic nitrogens is 4. The van der Waals surface area contributed by atoms with Gasteiger partial charge in [-0.25, -0.2) is 9.97 Å². The number of thiophene rings is 1. The summed E-state index contributed by atoms with van der Waals surface area (Å²) >= 11 is 1.73. The predicted molar refractivity (Wildman–Crippen MR) is 189 cm³/mol. The van der Waals surface area contributed by atoms with Crippen LogP contribution in [-0.4, -0.2) is 19.1 Å². The quantitative estimate of drug-likeness (QED) is 0.205. The first-order valence-corrected chi connectivity index (χ1v) is 15.9. The SMILES string of the molecule is c1ccc(-c2nc(-n3c4ccccc4c4c5c6ccccc6n(-c6ccccc6)c5ccc43)c3c(n2)sc2ccccc23)cc1. The summed E-state index contributed by atoms with van der Waals surface area (Å²) in [5.41, 5.74) is 6.81. The van der Waals surface area contributed by atoms with Crippen molar-refractivity contribution in [3.8, 4) is 22.9 Å². The lowest BCUT2D eigenvalue weighted by Gasteiger charge is -2.11. The van der Waals surface area contributed by atoms with E-state index in [1.165, 1.54) is 42.7 Å². The molecule has 0 spiro atoms. The average molecular weight is 593 g/mol. The third kappa shape index (κ3) is 3.47. The molecule has 4 heterocycles. The molecule has 45 heavy (non-hydrogen) atoms. The molecule has 0 bridgehead atoms. The van der Waals surface area contributed by atoms with E-state index < -0.39 is 0 Å². The van der Waals surface area contributed by atoms with Gasteiger partial charge in [-0.3, -0.25) is 4.57 Å². The molecule has 0 saturated carbocycles. The smallest absolute Gasteiger partial charge is 0.163 e. The van der Waals surface area contributed by atoms with E-state index in [1.54, 1.807) is 11.3 Å². The molecule has 0 atom stereocenters. The standard InChI is InChI=1S/C40H24N4S/c1-3-13-25(14-4-1)38-41-39(37-29-19-9-12-22-34(29)45-40(37)42-38)44-31-21-11-8-18-28(31)36-33(44)24-23-32-35(36)27-17-7-10-20-30(27)43(32)26-15-5-2-6-16-26/h1-24H. The Bertz CT molecular complexity index is 2750. The summed E-state index contributed by atoms with van der Waals surface area (Å²) < 4.78 is 5.97. The Morgan fingerprint density at radius 3 is 1.69 bits per heavy atom. The van der Waals surface area contributed by atoms with Crippen molar-refractivity contribution in [1.82, 2.24) is 19.1 Å². The monoisotopic (exact) mass is 592 g/mol. The number of benzene rings is 6. The Kier molecular flexibility index (Phi) is 5.12. The molecule has 4 aromatic heterocycles. The Labute approximate surface area is 262 Å². The first-order chi connectivity index (χ1) is 22.3. The third-order valence-corrected chi connectivity index (χ3v) is 10.0. The van der Waals surface area contributed by atoms with Gasteiger partial charge in [0.15, 0.2) is 11.6 Å². The van der Waals surface area contributed by atoms with Crippen molar-refractivity contribution in [2.45, 2.75) is 0 Å². The van der Waals surface area contributed by atoms with Gasteiger partial charge >= 0.3 is 0 Å². The van der Waals surface area contributed by atoms with Gasteiger partial charge in [0, 0.05) is 42.9 Å². The second-order valence-electron chi connectivity index (χ2n) is 11.4. The van der Waals surface area contributed by atoms with Crippen molar-refractivity contribution in [3.63, 3.8) is 0 Å². The van der Waals surface area contributed by atoms with E-state index in [4.69, 9.17) is 9.97 Å². The maximum absolute atomic E-state index is 5.38. The molecule has 0 radical (unpaired) electrons. The highest BCUT2D eigenvalue weighted by Crippen LogP contribution is 2.44. The van der Waals surface area contributed by atoms with E-state index in [-0.39, 0.29) is 0 Å². The Hall–Kier alpha value is -5.78. The second kappa shape index (κ2) is 9.36. The summed E-state index contributed by atoms with van der Waals surface area (Å²) in [6.07, 6.45) is 0. The molecular weight excluding hydrogens is 569 g/mol. The van der Waals surface area contributed by atoms with Gasteiger partial charge in [0.2, 0.25) is 0 Å². The van der Waals surface area contributed by atoms with Crippen molar-refractivity contribution in [1.29, 1.82) is 0 Å². The summed E-state index contributed by atoms with van der Waals surface area (Å²) in [4.78, 5) is 11.5. The molecule has 0 aliphatic rings. The minimum atomic E-state index is 0.734. The maximum Gasteiger partial charge on any atom is 0.163 e. The van der Waals surface area contributed by atoms with E-state index in [2.05, 4.69) is 137 Å². The topological polar surface area (TPSA) is 35.6 Å². The number of para-hydroxylation sites is 3. The van der Waals surface area contributed by atoms with Crippen LogP contribution in [0.5, 0.6) is 0 Å². The fourth-order valence-electron chi connectivity index (χ4n) is 7.08. The largest absolute Gasteiger partial charge is 0.309 e. The highest BCUT2D eigenvalue weighted by Gasteiger charge is 2.23. The first-order valence-electron chi connectivity index (χ1n) is 15.1. The van der Waals surface area contributed by atoms with Crippen LogP contribution < -0.4 is 0 Å². The lowest BCUT2D eigenvalue weighted by Crippen LogP contribution is -2.01. The van der Waals surface area contributed by atoms with Crippen LogP contribution in [0, 0.1) is 0 Å². The van der Waals surface area contributed by atoms with Crippen LogP contribution in [0.15, 0.2) is 146 Å². The molecule has 0 unspecified atom stereocenters. The zero-order valence-corrected chi connectivity index (χ0v) is 24.9. The molecule has 0 N–H and O–H groups in total. The molecular formula is C40H24N4S. The van der Waals surface area contributed by atoms with Gasteiger partial charge in [0.05, 0.1) is 27.5 Å². The van der Waals surface area contributed by atoms with Gasteiger partial charge in [-0.15, -0.1) is 11.3 Å². The van der Waals surface area contributed by atoms with Gasteiger partial charge in [-0.05, 0) is 42.5 Å². The lowest BCUT2D eigenvalue weighted by molar-refractivity contribution is 1.08. The number of fused-ring (bicyclic) bond motifs is 10. The highest BCUT2D eigenvalue weighted by atomic mass is 32.1. The van der Waals surface area contributed by atoms with Crippen molar-refractivity contribution < 1.29 is 0 Å². The summed E-state index contributed by atoms with van der Waals surface area (Å²) in [5, 5.41) is 7.21. The molecule has 6 aromatic carbocycles. The molecule has 10 aromatic rings. The Morgan fingerprint density at radius 2 is 0.978 bits per heavy atom. The molecule has 5 heteroatoms. The minimum absolute atomic E-state index is 0.734. The lowest BCUT2D eigenvalue weighted by atomic mass is 10.1. The van der Waals surface area contributed by atoms with Crippen LogP contribution in [-0.2, 0) is 0 Å². The summed E-state index contributed by atoms with van der Waals surface area (Å²) in [6, 6.07) is 51.6. The first kappa shape index (κ1) is 24.6. The third-order valence-electron chi connectivity index (χ3n) is 8.95. The highest BCUT2D eigenvalue weighted by molar-refractivity contribution is 7.25. The zero-order chi connectivity index (χ0) is 29.5. The molecule has 0 fully saturated rings. The fourth-order valence-corrected chi connectivity index (χ4v) is 8.15. The Balaban J connectivity index is 1.41. The normalized spacial score (nSPS) is 12.0. The number of hydrogen-bond donors (Lipinski definition) is 0. The van der Waals surface area contributed by atoms with E-state index in [0.717, 1.165) is 44.1 Å². The molecule has 0 saturated heterocycles. The maximum atomic E-state index is 5.38. The molecule has 10 rings (SSSR count). The molecule has 0 aliphatic heterocycles. The van der Waals surface area contributed by atoms with Crippen LogP contribution in [0.1, 0.15) is 0 Å². The molecule has 0 amide bonds. The van der Waals surface area contributed by atoms with E-state index in [9.17, 15) is 0 Å². The molecule has 4 nitrogen and oxygen atoms in total. The second-order valence-corrected chi connectivity index (χ2v) is 12.4. The van der Waals surface area contributed by atoms with Gasteiger partial charge in [0.1, 0.15) is 4.83 Å².